The van der Waals surface area contributed by atoms with Crippen LogP contribution in [-0.2, 0) is 19.1 Å². The Hall–Kier alpha value is -1.54. The van der Waals surface area contributed by atoms with Crippen LogP contribution >= 0.6 is 11.8 Å². The molecule has 2 rings (SSSR count). The van der Waals surface area contributed by atoms with E-state index in [1.807, 2.05) is 0 Å². The summed E-state index contributed by atoms with van der Waals surface area (Å²) in [6.07, 6.45) is 1.43. The van der Waals surface area contributed by atoms with E-state index in [-0.39, 0.29) is 17.9 Å². The molecule has 0 aromatic heterocycles. The highest BCUT2D eigenvalue weighted by Gasteiger charge is 2.50. The molecule has 3 N–H and O–H groups in total. The third-order valence-electron chi connectivity index (χ3n) is 2.70. The molecule has 0 bridgehead atoms. The second-order valence-corrected chi connectivity index (χ2v) is 5.23. The van der Waals surface area contributed by atoms with Crippen molar-refractivity contribution in [1.29, 1.82) is 0 Å². The Kier molecular flexibility index (Phi) is 3.31. The predicted molar refractivity (Wildman–Crippen MR) is 62.3 cm³/mol. The number of carbonyl (C=O) groups excluding carboxylic acids is 2. The number of fused-ring (bicyclic) bond motifs is 1. The fraction of sp³-hybridized carbons (Fsp3) is 0.500. The number of nitrogens with two attached hydrogens (primary N) is 1. The minimum absolute atomic E-state index is 0.134. The van der Waals surface area contributed by atoms with Gasteiger partial charge in [0.15, 0.2) is 0 Å². The molecule has 2 aliphatic heterocycles. The average Bonchev–Trinajstić information content (AvgIpc) is 2.33. The molecular weight excluding hydrogens is 260 g/mol. The maximum absolute atomic E-state index is 11.4. The standard InChI is InChI=1S/C10H12N2O5S/c1-4(13)17-3-5-2-12-8(14)6(11)9(12)18-7(5)10(15)16/h2,6-7,9H,3,11H2,1H3,(H,15,16)/t6?,7?,9-/m1/s1. The summed E-state index contributed by atoms with van der Waals surface area (Å²) in [5.74, 6) is -1.79. The van der Waals surface area contributed by atoms with Crippen LogP contribution in [0.1, 0.15) is 6.92 Å². The molecule has 1 fully saturated rings. The number of esters is 1. The number of nitrogens with zero attached hydrogens (tertiary/aromatic N) is 1. The van der Waals surface area contributed by atoms with Crippen molar-refractivity contribution in [1.82, 2.24) is 4.90 Å². The lowest BCUT2D eigenvalue weighted by atomic mass is 10.1. The van der Waals surface area contributed by atoms with Gasteiger partial charge in [-0.15, -0.1) is 11.8 Å². The number of hydrogen-bond donors (Lipinski definition) is 2. The van der Waals surface area contributed by atoms with Crippen molar-refractivity contribution >= 4 is 29.6 Å². The monoisotopic (exact) mass is 272 g/mol. The van der Waals surface area contributed by atoms with Crippen LogP contribution in [0.5, 0.6) is 0 Å². The normalized spacial score (nSPS) is 30.1. The number of carboxylic acids is 1. The van der Waals surface area contributed by atoms with Crippen LogP contribution in [0.4, 0.5) is 0 Å². The number of rotatable bonds is 3. The van der Waals surface area contributed by atoms with E-state index in [9.17, 15) is 14.4 Å². The summed E-state index contributed by atoms with van der Waals surface area (Å²) in [5.41, 5.74) is 5.96. The molecule has 98 valence electrons. The molecule has 0 aliphatic carbocycles. The van der Waals surface area contributed by atoms with E-state index in [1.54, 1.807) is 0 Å². The predicted octanol–water partition coefficient (Wildman–Crippen LogP) is -0.871. The Morgan fingerprint density at radius 2 is 2.28 bits per heavy atom. The SMILES string of the molecule is CC(=O)OCC1=CN2C(=O)C(N)[C@H]2SC1C(=O)O. The number of β-lactam (4-membered cyclic amide) rings is 1. The van der Waals surface area contributed by atoms with Crippen LogP contribution in [0, 0.1) is 0 Å². The Labute approximate surface area is 107 Å². The van der Waals surface area contributed by atoms with E-state index in [1.165, 1.54) is 18.0 Å². The van der Waals surface area contributed by atoms with Crippen molar-refractivity contribution in [3.8, 4) is 0 Å². The lowest BCUT2D eigenvalue weighted by Gasteiger charge is -2.47. The van der Waals surface area contributed by atoms with Crippen LogP contribution in [0.3, 0.4) is 0 Å². The fourth-order valence-corrected chi connectivity index (χ4v) is 3.07. The number of hydrogen-bond acceptors (Lipinski definition) is 6. The number of amides is 1. The summed E-state index contributed by atoms with van der Waals surface area (Å²) in [6.45, 7) is 1.10. The highest BCUT2D eigenvalue weighted by Crippen LogP contribution is 2.39. The quantitative estimate of drug-likeness (QED) is 0.507. The number of carboxylic acid groups (broad SMARTS) is 1. The largest absolute Gasteiger partial charge is 0.480 e. The van der Waals surface area contributed by atoms with E-state index in [0.29, 0.717) is 5.57 Å². The Morgan fingerprint density at radius 3 is 2.83 bits per heavy atom. The van der Waals surface area contributed by atoms with Crippen LogP contribution in [0.25, 0.3) is 0 Å². The van der Waals surface area contributed by atoms with E-state index in [4.69, 9.17) is 15.6 Å². The summed E-state index contributed by atoms with van der Waals surface area (Å²) in [5, 5.41) is 7.92. The minimum Gasteiger partial charge on any atom is -0.480 e. The first-order chi connectivity index (χ1) is 8.41. The third-order valence-corrected chi connectivity index (χ3v) is 4.28. The molecule has 1 saturated heterocycles. The van der Waals surface area contributed by atoms with Gasteiger partial charge < -0.3 is 20.5 Å². The highest BCUT2D eigenvalue weighted by atomic mass is 32.2. The maximum atomic E-state index is 11.4. The molecular formula is C10H12N2O5S. The van der Waals surface area contributed by atoms with Gasteiger partial charge in [-0.3, -0.25) is 14.4 Å². The van der Waals surface area contributed by atoms with Gasteiger partial charge in [0.2, 0.25) is 5.91 Å². The Balaban J connectivity index is 2.17. The molecule has 0 saturated carbocycles. The van der Waals surface area contributed by atoms with Gasteiger partial charge in [-0.2, -0.15) is 0 Å². The molecule has 3 atom stereocenters. The van der Waals surface area contributed by atoms with Crippen molar-refractivity contribution in [2.45, 2.75) is 23.6 Å². The first kappa shape index (κ1) is 12.9. The van der Waals surface area contributed by atoms with Crippen molar-refractivity contribution in [3.63, 3.8) is 0 Å². The number of thioether (sulfide) groups is 1. The molecule has 0 aromatic carbocycles. The first-order valence-corrected chi connectivity index (χ1v) is 6.16. The van der Waals surface area contributed by atoms with Gasteiger partial charge >= 0.3 is 11.9 Å². The lowest BCUT2D eigenvalue weighted by molar-refractivity contribution is -0.142. The number of ether oxygens (including phenoxy) is 1. The van der Waals surface area contributed by atoms with Crippen molar-refractivity contribution in [2.24, 2.45) is 5.73 Å². The topological polar surface area (TPSA) is 110 Å². The van der Waals surface area contributed by atoms with Crippen LogP contribution in [0.15, 0.2) is 11.8 Å². The van der Waals surface area contributed by atoms with Crippen molar-refractivity contribution in [2.75, 3.05) is 6.61 Å². The van der Waals surface area contributed by atoms with Crippen LogP contribution in [0.2, 0.25) is 0 Å². The van der Waals surface area contributed by atoms with Crippen LogP contribution in [-0.4, -0.2) is 51.1 Å². The van der Waals surface area contributed by atoms with E-state index >= 15 is 0 Å². The molecule has 1 amide bonds. The zero-order valence-electron chi connectivity index (χ0n) is 9.53. The van der Waals surface area contributed by atoms with Gasteiger partial charge in [-0.25, -0.2) is 0 Å². The fourth-order valence-electron chi connectivity index (χ4n) is 1.79. The zero-order chi connectivity index (χ0) is 13.4. The lowest BCUT2D eigenvalue weighted by Crippen LogP contribution is -2.67. The Morgan fingerprint density at radius 1 is 1.61 bits per heavy atom. The highest BCUT2D eigenvalue weighted by molar-refractivity contribution is 8.01. The van der Waals surface area contributed by atoms with Gasteiger partial charge in [0, 0.05) is 18.7 Å². The molecule has 7 nitrogen and oxygen atoms in total. The van der Waals surface area contributed by atoms with E-state index in [0.717, 1.165) is 11.8 Å². The molecule has 0 radical (unpaired) electrons. The molecule has 2 heterocycles. The second kappa shape index (κ2) is 4.62. The van der Waals surface area contributed by atoms with Gasteiger partial charge in [0.25, 0.3) is 0 Å². The summed E-state index contributed by atoms with van der Waals surface area (Å²) in [6, 6.07) is -0.664. The summed E-state index contributed by atoms with van der Waals surface area (Å²) < 4.78 is 4.78. The average molecular weight is 272 g/mol. The van der Waals surface area contributed by atoms with Gasteiger partial charge in [-0.05, 0) is 0 Å². The van der Waals surface area contributed by atoms with Crippen molar-refractivity contribution in [3.05, 3.63) is 11.8 Å². The minimum atomic E-state index is -1.04. The van der Waals surface area contributed by atoms with E-state index < -0.39 is 23.2 Å². The van der Waals surface area contributed by atoms with Gasteiger partial charge in [0.1, 0.15) is 23.3 Å². The van der Waals surface area contributed by atoms with Gasteiger partial charge in [0.05, 0.1) is 0 Å². The summed E-state index contributed by atoms with van der Waals surface area (Å²) in [4.78, 5) is 34.7. The van der Waals surface area contributed by atoms with Gasteiger partial charge in [-0.1, -0.05) is 0 Å². The second-order valence-electron chi connectivity index (χ2n) is 4.00. The molecule has 0 aromatic rings. The molecule has 8 heteroatoms. The summed E-state index contributed by atoms with van der Waals surface area (Å²) in [7, 11) is 0. The zero-order valence-corrected chi connectivity index (χ0v) is 10.3. The molecule has 0 spiro atoms. The number of carbonyl (C=O) groups is 3. The Bertz CT molecular complexity index is 450. The van der Waals surface area contributed by atoms with Crippen LogP contribution < -0.4 is 5.73 Å². The van der Waals surface area contributed by atoms with Crippen molar-refractivity contribution < 1.29 is 24.2 Å². The third kappa shape index (κ3) is 2.08. The van der Waals surface area contributed by atoms with E-state index in [2.05, 4.69) is 0 Å². The molecule has 2 aliphatic rings. The molecule has 18 heavy (non-hydrogen) atoms. The number of aliphatic carboxylic acids is 1. The molecule has 2 unspecified atom stereocenters. The first-order valence-electron chi connectivity index (χ1n) is 5.22. The maximum Gasteiger partial charge on any atom is 0.321 e. The summed E-state index contributed by atoms with van der Waals surface area (Å²) >= 11 is 1.08. The smallest absolute Gasteiger partial charge is 0.321 e.